The molecular formula is C36H36F2N6O3. The molecule has 3 fully saturated rings. The van der Waals surface area contributed by atoms with Crippen molar-refractivity contribution in [2.75, 3.05) is 37.7 Å². The number of anilines is 1. The molecule has 3 saturated heterocycles. The molecule has 0 aliphatic carbocycles. The number of nitrogens with one attached hydrogen (secondary N) is 1. The summed E-state index contributed by atoms with van der Waals surface area (Å²) in [5, 5.41) is 14.6. The Morgan fingerprint density at radius 3 is 2.74 bits per heavy atom. The van der Waals surface area contributed by atoms with Crippen molar-refractivity contribution in [2.24, 2.45) is 0 Å². The lowest BCUT2D eigenvalue weighted by Gasteiger charge is -2.31. The molecule has 2 aromatic heterocycles. The number of fused-ring (bicyclic) bond motifs is 3. The molecule has 1 unspecified atom stereocenters. The van der Waals surface area contributed by atoms with Crippen LogP contribution in [0.25, 0.3) is 32.9 Å². The standard InChI is InChI=1S/C36H36F2N6O3/c1-3-25-28(37)11-10-22-17-24(45)18-26(30(22)25)32-31(38)33-27(19-39-32)34(43-14-6-5-9-23(20-43)40-29(46)4-2)42-35(41-33)47-21-36-12-7-15-44(36)16-8-13-36/h1,4,10-11,17-19,23,45H,2,5-9,12-16,20-21H2,(H,40,46). The maximum Gasteiger partial charge on any atom is 0.319 e. The molecule has 2 aromatic carbocycles. The van der Waals surface area contributed by atoms with E-state index >= 15 is 4.39 Å². The molecule has 4 aromatic rings. The van der Waals surface area contributed by atoms with Crippen molar-refractivity contribution in [3.63, 3.8) is 0 Å². The van der Waals surface area contributed by atoms with E-state index in [0.717, 1.165) is 58.0 Å². The molecule has 0 radical (unpaired) electrons. The Hall–Kier alpha value is -4.82. The van der Waals surface area contributed by atoms with Gasteiger partial charge >= 0.3 is 6.01 Å². The van der Waals surface area contributed by atoms with Crippen LogP contribution in [0.1, 0.15) is 50.5 Å². The monoisotopic (exact) mass is 638 g/mol. The largest absolute Gasteiger partial charge is 0.508 e. The number of hydrogen-bond acceptors (Lipinski definition) is 8. The summed E-state index contributed by atoms with van der Waals surface area (Å²) in [6, 6.07) is 5.35. The first-order valence-corrected chi connectivity index (χ1v) is 16.1. The molecule has 7 rings (SSSR count). The van der Waals surface area contributed by atoms with E-state index in [2.05, 4.69) is 32.7 Å². The number of amides is 1. The van der Waals surface area contributed by atoms with Gasteiger partial charge in [-0.2, -0.15) is 9.97 Å². The highest BCUT2D eigenvalue weighted by Gasteiger charge is 2.45. The topological polar surface area (TPSA) is 104 Å². The third kappa shape index (κ3) is 5.61. The van der Waals surface area contributed by atoms with Gasteiger partial charge in [0.25, 0.3) is 0 Å². The van der Waals surface area contributed by atoms with E-state index < -0.39 is 11.6 Å². The van der Waals surface area contributed by atoms with E-state index in [1.807, 2.05) is 4.90 Å². The fraction of sp³-hybridized carbons (Fsp3) is 0.389. The normalized spacial score (nSPS) is 19.3. The number of terminal acetylenes is 1. The average molecular weight is 639 g/mol. The van der Waals surface area contributed by atoms with Crippen molar-refractivity contribution < 1.29 is 23.4 Å². The number of pyridine rings is 1. The van der Waals surface area contributed by atoms with Crippen molar-refractivity contribution in [2.45, 2.75) is 56.5 Å². The quantitative estimate of drug-likeness (QED) is 0.203. The minimum Gasteiger partial charge on any atom is -0.508 e. The third-order valence-corrected chi connectivity index (χ3v) is 9.88. The van der Waals surface area contributed by atoms with Gasteiger partial charge in [0.05, 0.1) is 16.5 Å². The summed E-state index contributed by atoms with van der Waals surface area (Å²) in [7, 11) is 0. The number of nitrogens with zero attached hydrogens (tertiary/aromatic N) is 5. The number of carbonyl (C=O) groups excluding carboxylic acids is 1. The highest BCUT2D eigenvalue weighted by atomic mass is 19.1. The molecule has 1 amide bonds. The molecule has 11 heteroatoms. The molecule has 3 aliphatic heterocycles. The number of ether oxygens (including phenoxy) is 1. The lowest BCUT2D eigenvalue weighted by Crippen LogP contribution is -2.43. The van der Waals surface area contributed by atoms with E-state index in [1.165, 1.54) is 36.5 Å². The lowest BCUT2D eigenvalue weighted by atomic mass is 9.95. The second kappa shape index (κ2) is 12.4. The summed E-state index contributed by atoms with van der Waals surface area (Å²) in [5.74, 6) is 1.00. The Kier molecular flexibility index (Phi) is 8.14. The highest BCUT2D eigenvalue weighted by molar-refractivity contribution is 6.03. The van der Waals surface area contributed by atoms with Gasteiger partial charge in [-0.25, -0.2) is 8.78 Å². The number of phenolic OH excluding ortho intramolecular Hbond substituents is 1. The molecule has 2 N–H and O–H groups in total. The van der Waals surface area contributed by atoms with Crippen LogP contribution in [-0.2, 0) is 4.79 Å². The number of benzene rings is 2. The van der Waals surface area contributed by atoms with Crippen LogP contribution >= 0.6 is 0 Å². The maximum atomic E-state index is 16.9. The van der Waals surface area contributed by atoms with E-state index in [4.69, 9.17) is 16.1 Å². The summed E-state index contributed by atoms with van der Waals surface area (Å²) in [6.07, 6.45) is 15.2. The predicted molar refractivity (Wildman–Crippen MR) is 176 cm³/mol. The Morgan fingerprint density at radius 1 is 1.17 bits per heavy atom. The van der Waals surface area contributed by atoms with Gasteiger partial charge in [0.1, 0.15) is 35.2 Å². The zero-order valence-electron chi connectivity index (χ0n) is 26.1. The van der Waals surface area contributed by atoms with E-state index in [-0.39, 0.29) is 57.0 Å². The van der Waals surface area contributed by atoms with Crippen LogP contribution in [0.15, 0.2) is 43.1 Å². The molecule has 0 saturated carbocycles. The second-order valence-corrected chi connectivity index (χ2v) is 12.7. The number of aromatic nitrogens is 3. The van der Waals surface area contributed by atoms with Crippen LogP contribution in [0.3, 0.4) is 0 Å². The predicted octanol–water partition coefficient (Wildman–Crippen LogP) is 5.48. The van der Waals surface area contributed by atoms with Crippen molar-refractivity contribution in [3.8, 4) is 35.4 Å². The van der Waals surface area contributed by atoms with Gasteiger partial charge in [0, 0.05) is 36.3 Å². The van der Waals surface area contributed by atoms with Gasteiger partial charge in [-0.05, 0) is 87.7 Å². The van der Waals surface area contributed by atoms with Crippen LogP contribution in [-0.4, -0.2) is 75.2 Å². The lowest BCUT2D eigenvalue weighted by molar-refractivity contribution is -0.117. The van der Waals surface area contributed by atoms with E-state index in [9.17, 15) is 14.3 Å². The Labute approximate surface area is 271 Å². The molecule has 1 atom stereocenters. The molecule has 47 heavy (non-hydrogen) atoms. The summed E-state index contributed by atoms with van der Waals surface area (Å²) in [5.41, 5.74) is -0.157. The zero-order valence-corrected chi connectivity index (χ0v) is 26.1. The molecule has 5 heterocycles. The number of phenols is 1. The van der Waals surface area contributed by atoms with Gasteiger partial charge in [0.15, 0.2) is 5.82 Å². The number of hydrogen-bond donors (Lipinski definition) is 2. The van der Waals surface area contributed by atoms with Gasteiger partial charge in [0.2, 0.25) is 5.91 Å². The fourth-order valence-corrected chi connectivity index (χ4v) is 7.64. The van der Waals surface area contributed by atoms with E-state index in [0.29, 0.717) is 36.3 Å². The first kappa shape index (κ1) is 30.8. The van der Waals surface area contributed by atoms with Gasteiger partial charge in [-0.1, -0.05) is 18.6 Å². The number of aromatic hydroxyl groups is 1. The molecule has 9 nitrogen and oxygen atoms in total. The minimum absolute atomic E-state index is 0.0201. The third-order valence-electron chi connectivity index (χ3n) is 9.88. The number of halogens is 2. The summed E-state index contributed by atoms with van der Waals surface area (Å²) < 4.78 is 38.1. The van der Waals surface area contributed by atoms with Crippen LogP contribution in [0.5, 0.6) is 11.8 Å². The summed E-state index contributed by atoms with van der Waals surface area (Å²) in [6.45, 7) is 7.08. The van der Waals surface area contributed by atoms with Gasteiger partial charge < -0.3 is 20.1 Å². The first-order valence-electron chi connectivity index (χ1n) is 16.1. The summed E-state index contributed by atoms with van der Waals surface area (Å²) >= 11 is 0. The maximum absolute atomic E-state index is 16.9. The van der Waals surface area contributed by atoms with Crippen LogP contribution < -0.4 is 15.0 Å². The van der Waals surface area contributed by atoms with Gasteiger partial charge in [-0.15, -0.1) is 6.42 Å². The van der Waals surface area contributed by atoms with Crippen LogP contribution in [0, 0.1) is 24.0 Å². The molecule has 242 valence electrons. The SMILES string of the molecule is C#Cc1c(F)ccc2cc(O)cc(-c3ncc4c(N5CCCCC(NC(=O)C=C)C5)nc(OCC56CCCN5CCC6)nc4c3F)c12. The molecule has 0 bridgehead atoms. The van der Waals surface area contributed by atoms with Crippen molar-refractivity contribution in [1.29, 1.82) is 0 Å². The smallest absolute Gasteiger partial charge is 0.319 e. The van der Waals surface area contributed by atoms with Crippen molar-refractivity contribution in [3.05, 3.63) is 60.3 Å². The number of rotatable bonds is 7. The fourth-order valence-electron chi connectivity index (χ4n) is 7.64. The van der Waals surface area contributed by atoms with E-state index in [1.54, 1.807) is 0 Å². The Morgan fingerprint density at radius 2 is 1.98 bits per heavy atom. The average Bonchev–Trinajstić information content (AvgIpc) is 3.57. The zero-order chi connectivity index (χ0) is 32.7. The highest BCUT2D eigenvalue weighted by Crippen LogP contribution is 2.41. The molecule has 0 spiro atoms. The molecule has 3 aliphatic rings. The summed E-state index contributed by atoms with van der Waals surface area (Å²) in [4.78, 5) is 30.6. The second-order valence-electron chi connectivity index (χ2n) is 12.7. The van der Waals surface area contributed by atoms with Crippen LogP contribution in [0.4, 0.5) is 14.6 Å². The Bertz CT molecular complexity index is 1930. The van der Waals surface area contributed by atoms with Crippen molar-refractivity contribution >= 4 is 33.4 Å². The van der Waals surface area contributed by atoms with Gasteiger partial charge in [-0.3, -0.25) is 14.7 Å². The Balaban J connectivity index is 1.37. The first-order chi connectivity index (χ1) is 22.8. The molecular weight excluding hydrogens is 602 g/mol. The number of carbonyl (C=O) groups is 1. The van der Waals surface area contributed by atoms with Crippen LogP contribution in [0.2, 0.25) is 0 Å². The minimum atomic E-state index is -0.775. The van der Waals surface area contributed by atoms with Crippen molar-refractivity contribution in [1.82, 2.24) is 25.2 Å².